The summed E-state index contributed by atoms with van der Waals surface area (Å²) in [5.74, 6) is 0.0695. The molecule has 0 bridgehead atoms. The van der Waals surface area contributed by atoms with E-state index in [0.29, 0.717) is 13.1 Å². The fourth-order valence-electron chi connectivity index (χ4n) is 0.617. The largest absolute Gasteiger partial charge is 0.441 e. The van der Waals surface area contributed by atoms with Crippen LogP contribution >= 0.6 is 11.8 Å². The van der Waals surface area contributed by atoms with Crippen molar-refractivity contribution in [1.82, 2.24) is 5.32 Å². The molecule has 0 aliphatic heterocycles. The molecule has 0 heterocycles. The Kier molecular flexibility index (Phi) is 6.24. The third-order valence-corrected chi connectivity index (χ3v) is 1.93. The Bertz CT molecular complexity index is 161. The highest BCUT2D eigenvalue weighted by Gasteiger charge is 2.27. The number of nitrogens with one attached hydrogen (secondary N) is 1. The molecule has 0 rings (SSSR count). The molecule has 0 saturated carbocycles. The fourth-order valence-corrected chi connectivity index (χ4v) is 1.10. The van der Waals surface area contributed by atoms with Crippen molar-refractivity contribution in [2.75, 3.05) is 18.8 Å². The Morgan fingerprint density at radius 3 is 2.46 bits per heavy atom. The Morgan fingerprint density at radius 2 is 2.00 bits per heavy atom. The standard InChI is InChI=1S/C8H14F3NS/c1-7(2)3-4-12-5-6-13-8(9,10)11/h3,12H,4-6H2,1-2H3. The van der Waals surface area contributed by atoms with E-state index in [-0.39, 0.29) is 17.5 Å². The highest BCUT2D eigenvalue weighted by Crippen LogP contribution is 2.29. The van der Waals surface area contributed by atoms with E-state index >= 15 is 0 Å². The predicted molar refractivity (Wildman–Crippen MR) is 50.8 cm³/mol. The average Bonchev–Trinajstić information content (AvgIpc) is 1.93. The molecule has 5 heteroatoms. The number of hydrogen-bond acceptors (Lipinski definition) is 2. The van der Waals surface area contributed by atoms with Crippen LogP contribution in [0.15, 0.2) is 11.6 Å². The Morgan fingerprint density at radius 1 is 1.38 bits per heavy atom. The molecule has 13 heavy (non-hydrogen) atoms. The summed E-state index contributed by atoms with van der Waals surface area (Å²) in [6.07, 6.45) is 1.94. The molecule has 0 fully saturated rings. The van der Waals surface area contributed by atoms with Gasteiger partial charge in [-0.05, 0) is 25.6 Å². The van der Waals surface area contributed by atoms with Gasteiger partial charge in [0.1, 0.15) is 0 Å². The molecule has 1 N–H and O–H groups in total. The van der Waals surface area contributed by atoms with Gasteiger partial charge in [0.05, 0.1) is 0 Å². The van der Waals surface area contributed by atoms with E-state index in [9.17, 15) is 13.2 Å². The quantitative estimate of drug-likeness (QED) is 0.556. The zero-order chi connectivity index (χ0) is 10.3. The molecule has 0 spiro atoms. The molecule has 0 aliphatic rings. The molecule has 0 amide bonds. The van der Waals surface area contributed by atoms with Gasteiger partial charge in [-0.15, -0.1) is 0 Å². The third kappa shape index (κ3) is 11.8. The molecule has 0 radical (unpaired) electrons. The van der Waals surface area contributed by atoms with Crippen molar-refractivity contribution < 1.29 is 13.2 Å². The number of hydrogen-bond donors (Lipinski definition) is 1. The topological polar surface area (TPSA) is 12.0 Å². The van der Waals surface area contributed by atoms with E-state index < -0.39 is 5.51 Å². The second kappa shape index (κ2) is 6.32. The smallest absolute Gasteiger partial charge is 0.312 e. The van der Waals surface area contributed by atoms with Crippen LogP contribution in [0.5, 0.6) is 0 Å². The fraction of sp³-hybridized carbons (Fsp3) is 0.750. The first-order valence-corrected chi connectivity index (χ1v) is 4.95. The summed E-state index contributed by atoms with van der Waals surface area (Å²) >= 11 is 0.00921. The molecule has 0 aromatic rings. The van der Waals surface area contributed by atoms with Crippen molar-refractivity contribution in [3.05, 3.63) is 11.6 Å². The van der Waals surface area contributed by atoms with Gasteiger partial charge in [0.25, 0.3) is 0 Å². The lowest BCUT2D eigenvalue weighted by Gasteiger charge is -2.05. The predicted octanol–water partition coefficient (Wildman–Crippen LogP) is 2.80. The number of allylic oxidation sites excluding steroid dienone is 1. The number of thioether (sulfide) groups is 1. The minimum absolute atomic E-state index is 0.00921. The van der Waals surface area contributed by atoms with Crippen molar-refractivity contribution in [3.63, 3.8) is 0 Å². The highest BCUT2D eigenvalue weighted by molar-refractivity contribution is 8.00. The number of alkyl halides is 3. The minimum atomic E-state index is -4.10. The van der Waals surface area contributed by atoms with Crippen LogP contribution in [0.3, 0.4) is 0 Å². The summed E-state index contributed by atoms with van der Waals surface area (Å²) < 4.78 is 34.8. The minimum Gasteiger partial charge on any atom is -0.312 e. The van der Waals surface area contributed by atoms with Crippen LogP contribution in [0.2, 0.25) is 0 Å². The van der Waals surface area contributed by atoms with Crippen LogP contribution in [0.4, 0.5) is 13.2 Å². The summed E-state index contributed by atoms with van der Waals surface area (Å²) in [5, 5.41) is 2.89. The molecule has 0 aromatic heterocycles. The zero-order valence-corrected chi connectivity index (χ0v) is 8.56. The maximum absolute atomic E-state index is 11.6. The summed E-state index contributed by atoms with van der Waals surface area (Å²) in [5.41, 5.74) is -2.94. The van der Waals surface area contributed by atoms with Gasteiger partial charge in [0.15, 0.2) is 0 Å². The van der Waals surface area contributed by atoms with Crippen LogP contribution in [0.1, 0.15) is 13.8 Å². The third-order valence-electron chi connectivity index (χ3n) is 1.20. The summed E-state index contributed by atoms with van der Waals surface area (Å²) in [4.78, 5) is 0. The first-order valence-electron chi connectivity index (χ1n) is 3.96. The van der Waals surface area contributed by atoms with E-state index in [1.165, 1.54) is 0 Å². The van der Waals surface area contributed by atoms with Crippen LogP contribution in [0.25, 0.3) is 0 Å². The van der Waals surface area contributed by atoms with Crippen molar-refractivity contribution in [3.8, 4) is 0 Å². The van der Waals surface area contributed by atoms with Crippen LogP contribution < -0.4 is 5.32 Å². The molecule has 0 aromatic carbocycles. The van der Waals surface area contributed by atoms with E-state index in [1.54, 1.807) is 0 Å². The van der Waals surface area contributed by atoms with Crippen molar-refractivity contribution in [2.24, 2.45) is 0 Å². The second-order valence-corrected chi connectivity index (χ2v) is 3.94. The van der Waals surface area contributed by atoms with Crippen molar-refractivity contribution in [1.29, 1.82) is 0 Å². The van der Waals surface area contributed by atoms with E-state index in [0.717, 1.165) is 5.57 Å². The molecular formula is C8H14F3NS. The van der Waals surface area contributed by atoms with Gasteiger partial charge in [-0.3, -0.25) is 0 Å². The summed E-state index contributed by atoms with van der Waals surface area (Å²) in [7, 11) is 0. The Hall–Kier alpha value is -0.160. The molecule has 0 aliphatic carbocycles. The Balaban J connectivity index is 3.23. The van der Waals surface area contributed by atoms with Crippen molar-refractivity contribution in [2.45, 2.75) is 19.4 Å². The van der Waals surface area contributed by atoms with Crippen LogP contribution in [-0.4, -0.2) is 24.4 Å². The van der Waals surface area contributed by atoms with Gasteiger partial charge < -0.3 is 5.32 Å². The van der Waals surface area contributed by atoms with Gasteiger partial charge in [-0.25, -0.2) is 0 Å². The lowest BCUT2D eigenvalue weighted by atomic mass is 10.3. The maximum Gasteiger partial charge on any atom is 0.441 e. The first kappa shape index (κ1) is 12.8. The van der Waals surface area contributed by atoms with E-state index in [1.807, 2.05) is 19.9 Å². The molecule has 0 unspecified atom stereocenters. The maximum atomic E-state index is 11.6. The van der Waals surface area contributed by atoms with Gasteiger partial charge in [-0.1, -0.05) is 11.6 Å². The molecule has 1 nitrogen and oxygen atoms in total. The molecule has 0 saturated heterocycles. The normalized spacial score (nSPS) is 11.5. The van der Waals surface area contributed by atoms with Gasteiger partial charge in [0, 0.05) is 18.8 Å². The number of rotatable bonds is 5. The Labute approximate surface area is 80.8 Å². The van der Waals surface area contributed by atoms with Crippen molar-refractivity contribution >= 4 is 11.8 Å². The first-order chi connectivity index (χ1) is 5.92. The lowest BCUT2D eigenvalue weighted by Crippen LogP contribution is -2.18. The van der Waals surface area contributed by atoms with Crippen LogP contribution in [0, 0.1) is 0 Å². The van der Waals surface area contributed by atoms with E-state index in [2.05, 4.69) is 5.32 Å². The van der Waals surface area contributed by atoms with Gasteiger partial charge in [0.2, 0.25) is 0 Å². The van der Waals surface area contributed by atoms with E-state index in [4.69, 9.17) is 0 Å². The average molecular weight is 213 g/mol. The van der Waals surface area contributed by atoms with Gasteiger partial charge >= 0.3 is 5.51 Å². The monoisotopic (exact) mass is 213 g/mol. The van der Waals surface area contributed by atoms with Crippen LogP contribution in [-0.2, 0) is 0 Å². The summed E-state index contributed by atoms with van der Waals surface area (Å²) in [6, 6.07) is 0. The number of halogens is 3. The second-order valence-electron chi connectivity index (χ2n) is 2.78. The molecule has 0 atom stereocenters. The summed E-state index contributed by atoms with van der Waals surface area (Å²) in [6.45, 7) is 4.92. The van der Waals surface area contributed by atoms with Gasteiger partial charge in [-0.2, -0.15) is 13.2 Å². The SMILES string of the molecule is CC(C)=CCNCCSC(F)(F)F. The highest BCUT2D eigenvalue weighted by atomic mass is 32.2. The molecule has 78 valence electrons. The molecular weight excluding hydrogens is 199 g/mol. The lowest BCUT2D eigenvalue weighted by molar-refractivity contribution is -0.0327. The zero-order valence-electron chi connectivity index (χ0n) is 7.74.